The molecule has 1 saturated heterocycles. The van der Waals surface area contributed by atoms with E-state index in [0.29, 0.717) is 30.7 Å². The minimum Gasteiger partial charge on any atom is -0.394 e. The lowest BCUT2D eigenvalue weighted by molar-refractivity contribution is 0.0378. The van der Waals surface area contributed by atoms with Crippen LogP contribution in [0.4, 0.5) is 11.6 Å². The standard InChI is InChI=1S/C13H22N4O2/c1-9(2)12-15-10(14)7-11(16-12)17-13(8-18)3-5-19-6-4-13/h7,9,18H,3-6,8H2,1-2H3,(H3,14,15,16,17). The van der Waals surface area contributed by atoms with Gasteiger partial charge in [0.2, 0.25) is 0 Å². The third-order valence-corrected chi connectivity index (χ3v) is 3.43. The molecule has 0 amide bonds. The molecular weight excluding hydrogens is 244 g/mol. The molecule has 0 radical (unpaired) electrons. The lowest BCUT2D eigenvalue weighted by Crippen LogP contribution is -2.47. The molecule has 1 aromatic heterocycles. The van der Waals surface area contributed by atoms with Crippen LogP contribution in [0.3, 0.4) is 0 Å². The molecule has 0 saturated carbocycles. The lowest BCUT2D eigenvalue weighted by Gasteiger charge is -2.36. The largest absolute Gasteiger partial charge is 0.394 e. The van der Waals surface area contributed by atoms with E-state index in [0.717, 1.165) is 12.8 Å². The molecule has 19 heavy (non-hydrogen) atoms. The number of aliphatic hydroxyl groups excluding tert-OH is 1. The summed E-state index contributed by atoms with van der Waals surface area (Å²) in [6, 6.07) is 1.71. The topological polar surface area (TPSA) is 93.3 Å². The molecule has 2 heterocycles. The van der Waals surface area contributed by atoms with E-state index >= 15 is 0 Å². The maximum absolute atomic E-state index is 9.66. The number of aromatic nitrogens is 2. The van der Waals surface area contributed by atoms with Crippen molar-refractivity contribution in [3.05, 3.63) is 11.9 Å². The van der Waals surface area contributed by atoms with Gasteiger partial charge in [-0.3, -0.25) is 0 Å². The van der Waals surface area contributed by atoms with Gasteiger partial charge in [0, 0.05) is 25.2 Å². The zero-order valence-electron chi connectivity index (χ0n) is 11.5. The van der Waals surface area contributed by atoms with Crippen LogP contribution in [0.1, 0.15) is 38.4 Å². The summed E-state index contributed by atoms with van der Waals surface area (Å²) in [5.74, 6) is 2.04. The van der Waals surface area contributed by atoms with Crippen molar-refractivity contribution < 1.29 is 9.84 Å². The second kappa shape index (κ2) is 5.71. The zero-order valence-corrected chi connectivity index (χ0v) is 11.5. The van der Waals surface area contributed by atoms with Crippen LogP contribution in [0.15, 0.2) is 6.07 Å². The molecule has 2 rings (SSSR count). The van der Waals surface area contributed by atoms with Crippen molar-refractivity contribution in [3.8, 4) is 0 Å². The molecule has 0 spiro atoms. The molecule has 106 valence electrons. The number of hydrogen-bond acceptors (Lipinski definition) is 6. The van der Waals surface area contributed by atoms with Gasteiger partial charge in [-0.25, -0.2) is 9.97 Å². The van der Waals surface area contributed by atoms with Crippen molar-refractivity contribution in [3.63, 3.8) is 0 Å². The number of aliphatic hydroxyl groups is 1. The molecule has 0 unspecified atom stereocenters. The second-order valence-corrected chi connectivity index (χ2v) is 5.37. The molecule has 0 atom stereocenters. The van der Waals surface area contributed by atoms with Crippen molar-refractivity contribution in [1.29, 1.82) is 0 Å². The minimum atomic E-state index is -0.368. The molecule has 1 aromatic rings. The fourth-order valence-electron chi connectivity index (χ4n) is 2.16. The van der Waals surface area contributed by atoms with Crippen LogP contribution in [0, 0.1) is 0 Å². The molecule has 0 aliphatic carbocycles. The monoisotopic (exact) mass is 266 g/mol. The molecule has 1 aliphatic rings. The number of nitrogens with two attached hydrogens (primary N) is 1. The van der Waals surface area contributed by atoms with E-state index in [4.69, 9.17) is 10.5 Å². The Labute approximate surface area is 113 Å². The van der Waals surface area contributed by atoms with Gasteiger partial charge in [-0.2, -0.15) is 0 Å². The summed E-state index contributed by atoms with van der Waals surface area (Å²) in [4.78, 5) is 8.68. The Bertz CT molecular complexity index is 431. The fourth-order valence-corrected chi connectivity index (χ4v) is 2.16. The maximum atomic E-state index is 9.66. The highest BCUT2D eigenvalue weighted by molar-refractivity contribution is 5.47. The van der Waals surface area contributed by atoms with Crippen molar-refractivity contribution in [1.82, 2.24) is 9.97 Å². The summed E-state index contributed by atoms with van der Waals surface area (Å²) in [6.45, 7) is 5.39. The van der Waals surface area contributed by atoms with Gasteiger partial charge in [-0.1, -0.05) is 13.8 Å². The Morgan fingerprint density at radius 2 is 2.11 bits per heavy atom. The first-order valence-electron chi connectivity index (χ1n) is 6.66. The maximum Gasteiger partial charge on any atom is 0.135 e. The van der Waals surface area contributed by atoms with Gasteiger partial charge in [0.25, 0.3) is 0 Å². The van der Waals surface area contributed by atoms with Crippen LogP contribution in [0.5, 0.6) is 0 Å². The van der Waals surface area contributed by atoms with Crippen molar-refractivity contribution in [2.24, 2.45) is 0 Å². The Kier molecular flexibility index (Phi) is 4.21. The SMILES string of the molecule is CC(C)c1nc(N)cc(NC2(CO)CCOCC2)n1. The van der Waals surface area contributed by atoms with Crippen molar-refractivity contribution in [2.75, 3.05) is 30.9 Å². The molecule has 1 fully saturated rings. The van der Waals surface area contributed by atoms with E-state index in [2.05, 4.69) is 15.3 Å². The first kappa shape index (κ1) is 14.0. The first-order valence-corrected chi connectivity index (χ1v) is 6.66. The zero-order chi connectivity index (χ0) is 13.9. The van der Waals surface area contributed by atoms with Crippen LogP contribution < -0.4 is 11.1 Å². The Balaban J connectivity index is 2.21. The van der Waals surface area contributed by atoms with Crippen LogP contribution in [0.2, 0.25) is 0 Å². The van der Waals surface area contributed by atoms with Crippen LogP contribution in [-0.2, 0) is 4.74 Å². The lowest BCUT2D eigenvalue weighted by atomic mass is 9.91. The van der Waals surface area contributed by atoms with E-state index in [1.54, 1.807) is 6.07 Å². The molecule has 6 heteroatoms. The quantitative estimate of drug-likeness (QED) is 0.756. The summed E-state index contributed by atoms with van der Waals surface area (Å²) >= 11 is 0. The molecule has 1 aliphatic heterocycles. The van der Waals surface area contributed by atoms with Crippen molar-refractivity contribution in [2.45, 2.75) is 38.1 Å². The van der Waals surface area contributed by atoms with Crippen LogP contribution >= 0.6 is 0 Å². The van der Waals surface area contributed by atoms with Crippen molar-refractivity contribution >= 4 is 11.6 Å². The van der Waals surface area contributed by atoms with E-state index in [1.807, 2.05) is 13.8 Å². The number of ether oxygens (including phenoxy) is 1. The van der Waals surface area contributed by atoms with Crippen LogP contribution in [-0.4, -0.2) is 40.4 Å². The number of nitrogen functional groups attached to an aromatic ring is 1. The van der Waals surface area contributed by atoms with Gasteiger partial charge < -0.3 is 20.9 Å². The number of hydrogen-bond donors (Lipinski definition) is 3. The number of nitrogens with zero attached hydrogens (tertiary/aromatic N) is 2. The smallest absolute Gasteiger partial charge is 0.135 e. The number of anilines is 2. The second-order valence-electron chi connectivity index (χ2n) is 5.37. The van der Waals surface area contributed by atoms with E-state index in [9.17, 15) is 5.11 Å². The van der Waals surface area contributed by atoms with Gasteiger partial charge >= 0.3 is 0 Å². The van der Waals surface area contributed by atoms with E-state index < -0.39 is 0 Å². The highest BCUT2D eigenvalue weighted by Gasteiger charge is 2.32. The average molecular weight is 266 g/mol. The highest BCUT2D eigenvalue weighted by Crippen LogP contribution is 2.26. The number of rotatable bonds is 4. The predicted octanol–water partition coefficient (Wildman–Crippen LogP) is 1.14. The number of nitrogens with one attached hydrogen (secondary N) is 1. The summed E-state index contributed by atoms with van der Waals surface area (Å²) in [5.41, 5.74) is 5.44. The average Bonchev–Trinajstić information content (AvgIpc) is 2.39. The summed E-state index contributed by atoms with van der Waals surface area (Å²) in [7, 11) is 0. The van der Waals surface area contributed by atoms with Gasteiger partial charge in [-0.05, 0) is 12.8 Å². The normalized spacial score (nSPS) is 18.5. The van der Waals surface area contributed by atoms with Crippen LogP contribution in [0.25, 0.3) is 0 Å². The van der Waals surface area contributed by atoms with Gasteiger partial charge in [0.15, 0.2) is 0 Å². The van der Waals surface area contributed by atoms with Gasteiger partial charge in [-0.15, -0.1) is 0 Å². The highest BCUT2D eigenvalue weighted by atomic mass is 16.5. The molecule has 6 nitrogen and oxygen atoms in total. The fraction of sp³-hybridized carbons (Fsp3) is 0.692. The predicted molar refractivity (Wildman–Crippen MR) is 74.0 cm³/mol. The Hall–Kier alpha value is -1.40. The molecule has 0 bridgehead atoms. The van der Waals surface area contributed by atoms with Gasteiger partial charge in [0.1, 0.15) is 17.5 Å². The molecule has 0 aromatic carbocycles. The third-order valence-electron chi connectivity index (χ3n) is 3.43. The Morgan fingerprint density at radius 3 is 2.68 bits per heavy atom. The summed E-state index contributed by atoms with van der Waals surface area (Å²) < 4.78 is 5.34. The molecular formula is C13H22N4O2. The minimum absolute atomic E-state index is 0.0529. The molecule has 4 N–H and O–H groups in total. The summed E-state index contributed by atoms with van der Waals surface area (Å²) in [6.07, 6.45) is 1.51. The van der Waals surface area contributed by atoms with E-state index in [1.165, 1.54) is 0 Å². The summed E-state index contributed by atoms with van der Waals surface area (Å²) in [5, 5.41) is 13.0. The first-order chi connectivity index (χ1) is 9.04. The Morgan fingerprint density at radius 1 is 1.42 bits per heavy atom. The third kappa shape index (κ3) is 3.33. The van der Waals surface area contributed by atoms with Gasteiger partial charge in [0.05, 0.1) is 12.1 Å². The van der Waals surface area contributed by atoms with E-state index in [-0.39, 0.29) is 18.1 Å².